The van der Waals surface area contributed by atoms with E-state index in [4.69, 9.17) is 4.74 Å². The highest BCUT2D eigenvalue weighted by Crippen LogP contribution is 2.29. The molecule has 0 saturated carbocycles. The monoisotopic (exact) mass is 246 g/mol. The topological polar surface area (TPSA) is 9.23 Å². The number of ether oxygens (including phenoxy) is 1. The molecule has 0 saturated heterocycles. The van der Waals surface area contributed by atoms with E-state index in [1.54, 1.807) is 0 Å². The maximum atomic E-state index is 5.73. The van der Waals surface area contributed by atoms with Crippen LogP contribution < -0.4 is 4.74 Å². The third-order valence-corrected chi connectivity index (χ3v) is 4.26. The van der Waals surface area contributed by atoms with Crippen molar-refractivity contribution in [2.24, 2.45) is 5.41 Å². The first-order valence-corrected chi connectivity index (χ1v) is 7.35. The summed E-state index contributed by atoms with van der Waals surface area (Å²) in [7, 11) is 0. The summed E-state index contributed by atoms with van der Waals surface area (Å²) < 4.78 is 5.73. The van der Waals surface area contributed by atoms with Crippen LogP contribution in [0.5, 0.6) is 5.75 Å². The first-order chi connectivity index (χ1) is 8.61. The van der Waals surface area contributed by atoms with Crippen molar-refractivity contribution in [3.63, 3.8) is 0 Å². The van der Waals surface area contributed by atoms with E-state index in [-0.39, 0.29) is 0 Å². The van der Waals surface area contributed by atoms with Gasteiger partial charge in [-0.05, 0) is 54.7 Å². The molecule has 1 nitrogen and oxygen atoms in total. The van der Waals surface area contributed by atoms with Crippen LogP contribution in [-0.4, -0.2) is 6.61 Å². The molecular formula is C17H26O. The fraction of sp³-hybridized carbons (Fsp3) is 0.647. The number of hydrogen-bond acceptors (Lipinski definition) is 1. The number of hydrogen-bond donors (Lipinski definition) is 0. The quantitative estimate of drug-likeness (QED) is 0.727. The van der Waals surface area contributed by atoms with Gasteiger partial charge in [0.05, 0.1) is 6.61 Å². The molecule has 0 fully saturated rings. The van der Waals surface area contributed by atoms with Crippen LogP contribution in [0.2, 0.25) is 0 Å². The molecule has 0 bridgehead atoms. The largest absolute Gasteiger partial charge is 0.493 e. The van der Waals surface area contributed by atoms with E-state index in [0.29, 0.717) is 5.41 Å². The molecule has 100 valence electrons. The van der Waals surface area contributed by atoms with Crippen LogP contribution in [0.15, 0.2) is 18.2 Å². The summed E-state index contributed by atoms with van der Waals surface area (Å²) in [5.41, 5.74) is 3.31. The third-order valence-electron chi connectivity index (χ3n) is 4.26. The molecular weight excluding hydrogens is 220 g/mol. The summed E-state index contributed by atoms with van der Waals surface area (Å²) in [6.45, 7) is 7.90. The van der Waals surface area contributed by atoms with Crippen LogP contribution in [0.1, 0.15) is 57.6 Å². The van der Waals surface area contributed by atoms with Gasteiger partial charge in [-0.15, -0.1) is 0 Å². The maximum absolute atomic E-state index is 5.73. The molecule has 1 heterocycles. The van der Waals surface area contributed by atoms with E-state index >= 15 is 0 Å². The summed E-state index contributed by atoms with van der Waals surface area (Å²) in [5, 5.41) is 0. The summed E-state index contributed by atoms with van der Waals surface area (Å²) >= 11 is 0. The highest BCUT2D eigenvalue weighted by Gasteiger charge is 2.15. The molecule has 2 rings (SSSR count). The Kier molecular flexibility index (Phi) is 4.31. The van der Waals surface area contributed by atoms with Crippen LogP contribution in [0.4, 0.5) is 0 Å². The minimum Gasteiger partial charge on any atom is -0.493 e. The van der Waals surface area contributed by atoms with Crippen molar-refractivity contribution in [1.82, 2.24) is 0 Å². The van der Waals surface area contributed by atoms with Gasteiger partial charge in [-0.1, -0.05) is 39.3 Å². The Bertz CT molecular complexity index is 393. The van der Waals surface area contributed by atoms with Gasteiger partial charge in [0.1, 0.15) is 5.75 Å². The Morgan fingerprint density at radius 2 is 2.11 bits per heavy atom. The van der Waals surface area contributed by atoms with E-state index in [2.05, 4.69) is 39.0 Å². The molecule has 18 heavy (non-hydrogen) atoms. The lowest BCUT2D eigenvalue weighted by molar-refractivity contribution is 0.287. The van der Waals surface area contributed by atoms with Gasteiger partial charge >= 0.3 is 0 Å². The number of benzene rings is 1. The van der Waals surface area contributed by atoms with Gasteiger partial charge in [-0.2, -0.15) is 0 Å². The average molecular weight is 246 g/mol. The smallest absolute Gasteiger partial charge is 0.122 e. The van der Waals surface area contributed by atoms with Gasteiger partial charge < -0.3 is 4.74 Å². The predicted molar refractivity (Wildman–Crippen MR) is 77.3 cm³/mol. The zero-order chi connectivity index (χ0) is 13.0. The molecule has 0 aliphatic carbocycles. The van der Waals surface area contributed by atoms with Crippen molar-refractivity contribution in [2.75, 3.05) is 6.61 Å². The van der Waals surface area contributed by atoms with Gasteiger partial charge in [-0.3, -0.25) is 0 Å². The SMILES string of the molecule is CCC(C)(C)CCCc1ccc2c(c1)OCCC2. The van der Waals surface area contributed by atoms with Gasteiger partial charge in [0.15, 0.2) is 0 Å². The summed E-state index contributed by atoms with van der Waals surface area (Å²) in [6.07, 6.45) is 7.37. The van der Waals surface area contributed by atoms with Crippen molar-refractivity contribution >= 4 is 0 Å². The Hall–Kier alpha value is -0.980. The molecule has 1 heteroatoms. The lowest BCUT2D eigenvalue weighted by atomic mass is 9.84. The summed E-state index contributed by atoms with van der Waals surface area (Å²) in [4.78, 5) is 0. The normalized spacial score (nSPS) is 15.1. The average Bonchev–Trinajstić information content (AvgIpc) is 2.38. The lowest BCUT2D eigenvalue weighted by Crippen LogP contribution is -2.10. The molecule has 0 aromatic heterocycles. The second-order valence-corrected chi connectivity index (χ2v) is 6.27. The Morgan fingerprint density at radius 1 is 1.28 bits per heavy atom. The molecule has 0 atom stereocenters. The maximum Gasteiger partial charge on any atom is 0.122 e. The highest BCUT2D eigenvalue weighted by atomic mass is 16.5. The number of rotatable bonds is 5. The minimum absolute atomic E-state index is 0.491. The Balaban J connectivity index is 1.90. The van der Waals surface area contributed by atoms with Crippen molar-refractivity contribution in [2.45, 2.75) is 59.3 Å². The first-order valence-electron chi connectivity index (χ1n) is 7.35. The standard InChI is InChI=1S/C17H26O/c1-4-17(2,3)11-5-7-14-9-10-15-8-6-12-18-16(15)13-14/h9-10,13H,4-8,11-12H2,1-3H3. The van der Waals surface area contributed by atoms with E-state index in [9.17, 15) is 0 Å². The van der Waals surface area contributed by atoms with Crippen molar-refractivity contribution in [3.05, 3.63) is 29.3 Å². The minimum atomic E-state index is 0.491. The van der Waals surface area contributed by atoms with E-state index in [1.165, 1.54) is 43.2 Å². The zero-order valence-corrected chi connectivity index (χ0v) is 12.1. The lowest BCUT2D eigenvalue weighted by Gasteiger charge is -2.22. The Morgan fingerprint density at radius 3 is 2.89 bits per heavy atom. The van der Waals surface area contributed by atoms with Crippen LogP contribution in [0, 0.1) is 5.41 Å². The molecule has 0 N–H and O–H groups in total. The molecule has 0 amide bonds. The van der Waals surface area contributed by atoms with Crippen LogP contribution in [-0.2, 0) is 12.8 Å². The van der Waals surface area contributed by atoms with Crippen LogP contribution >= 0.6 is 0 Å². The highest BCUT2D eigenvalue weighted by molar-refractivity contribution is 5.38. The van der Waals surface area contributed by atoms with Crippen molar-refractivity contribution in [3.8, 4) is 5.75 Å². The summed E-state index contributed by atoms with van der Waals surface area (Å²) in [5.74, 6) is 1.13. The molecule has 1 aliphatic rings. The molecule has 1 aliphatic heterocycles. The van der Waals surface area contributed by atoms with Crippen molar-refractivity contribution in [1.29, 1.82) is 0 Å². The second-order valence-electron chi connectivity index (χ2n) is 6.27. The van der Waals surface area contributed by atoms with Crippen LogP contribution in [0.3, 0.4) is 0 Å². The number of fused-ring (bicyclic) bond motifs is 1. The van der Waals surface area contributed by atoms with Gasteiger partial charge in [-0.25, -0.2) is 0 Å². The van der Waals surface area contributed by atoms with E-state index in [1.807, 2.05) is 0 Å². The fourth-order valence-corrected chi connectivity index (χ4v) is 2.49. The zero-order valence-electron chi connectivity index (χ0n) is 12.1. The van der Waals surface area contributed by atoms with Crippen molar-refractivity contribution < 1.29 is 4.74 Å². The van der Waals surface area contributed by atoms with Gasteiger partial charge in [0.2, 0.25) is 0 Å². The molecule has 0 radical (unpaired) electrons. The van der Waals surface area contributed by atoms with E-state index < -0.39 is 0 Å². The predicted octanol–water partition coefficient (Wildman–Crippen LogP) is 4.77. The van der Waals surface area contributed by atoms with E-state index in [0.717, 1.165) is 18.8 Å². The molecule has 1 aromatic rings. The fourth-order valence-electron chi connectivity index (χ4n) is 2.49. The van der Waals surface area contributed by atoms with Gasteiger partial charge in [0.25, 0.3) is 0 Å². The first kappa shape index (κ1) is 13.5. The third kappa shape index (κ3) is 3.51. The second kappa shape index (κ2) is 5.77. The van der Waals surface area contributed by atoms with Crippen LogP contribution in [0.25, 0.3) is 0 Å². The molecule has 0 spiro atoms. The number of aryl methyl sites for hydroxylation is 2. The summed E-state index contributed by atoms with van der Waals surface area (Å²) in [6, 6.07) is 6.80. The molecule has 0 unspecified atom stereocenters. The Labute approximate surface area is 112 Å². The van der Waals surface area contributed by atoms with Gasteiger partial charge in [0, 0.05) is 0 Å². The molecule has 1 aromatic carbocycles.